The number of hydrogen-bond donors (Lipinski definition) is 2. The van der Waals surface area contributed by atoms with E-state index in [1.165, 1.54) is 7.05 Å². The van der Waals surface area contributed by atoms with E-state index in [-0.39, 0.29) is 16.5 Å². The molecule has 1 aromatic carbocycles. The number of halogens is 3. The summed E-state index contributed by atoms with van der Waals surface area (Å²) in [5.74, 6) is -2.88. The first-order valence-corrected chi connectivity index (χ1v) is 8.88. The quantitative estimate of drug-likeness (QED) is 0.732. The van der Waals surface area contributed by atoms with Gasteiger partial charge in [0.25, 0.3) is 5.91 Å². The van der Waals surface area contributed by atoms with Crippen LogP contribution in [0.15, 0.2) is 29.2 Å². The molecule has 0 aliphatic rings. The van der Waals surface area contributed by atoms with Crippen LogP contribution in [0.2, 0.25) is 0 Å². The van der Waals surface area contributed by atoms with Gasteiger partial charge in [-0.3, -0.25) is 4.79 Å². The minimum atomic E-state index is -4.77. The second kappa shape index (κ2) is 8.04. The fraction of sp³-hybridized carbons (Fsp3) is 0.467. The Morgan fingerprint density at radius 1 is 1.19 bits per heavy atom. The Kier molecular flexibility index (Phi) is 6.77. The van der Waals surface area contributed by atoms with Crippen LogP contribution < -0.4 is 5.32 Å². The van der Waals surface area contributed by atoms with E-state index in [2.05, 4.69) is 0 Å². The zero-order valence-corrected chi connectivity index (χ0v) is 15.1. The van der Waals surface area contributed by atoms with Crippen LogP contribution in [-0.4, -0.2) is 55.0 Å². The Hall–Kier alpha value is -2.14. The molecule has 1 rings (SSSR count). The molecular formula is C15H19F3N2O5S. The maximum absolute atomic E-state index is 12.4. The highest BCUT2D eigenvalue weighted by molar-refractivity contribution is 7.89. The minimum absolute atomic E-state index is 0.102. The zero-order chi connectivity index (χ0) is 20.3. The summed E-state index contributed by atoms with van der Waals surface area (Å²) in [6, 6.07) is 2.01. The Labute approximate surface area is 148 Å². The highest BCUT2D eigenvalue weighted by Crippen LogP contribution is 2.22. The van der Waals surface area contributed by atoms with Gasteiger partial charge in [0.2, 0.25) is 10.0 Å². The monoisotopic (exact) mass is 396 g/mol. The third kappa shape index (κ3) is 5.70. The van der Waals surface area contributed by atoms with Gasteiger partial charge in [0.05, 0.1) is 11.3 Å². The lowest BCUT2D eigenvalue weighted by Crippen LogP contribution is -2.43. The van der Waals surface area contributed by atoms with Crippen LogP contribution in [0.5, 0.6) is 0 Å². The number of amides is 1. The number of hydrogen-bond acceptors (Lipinski definition) is 4. The molecule has 0 fully saturated rings. The van der Waals surface area contributed by atoms with Crippen molar-refractivity contribution in [2.24, 2.45) is 0 Å². The van der Waals surface area contributed by atoms with E-state index < -0.39 is 40.5 Å². The van der Waals surface area contributed by atoms with Crippen molar-refractivity contribution in [2.75, 3.05) is 7.05 Å². The summed E-state index contributed by atoms with van der Waals surface area (Å²) < 4.78 is 62.8. The van der Waals surface area contributed by atoms with Gasteiger partial charge in [0.1, 0.15) is 6.04 Å². The van der Waals surface area contributed by atoms with E-state index in [4.69, 9.17) is 5.11 Å². The minimum Gasteiger partial charge on any atom is -0.480 e. The lowest BCUT2D eigenvalue weighted by Gasteiger charge is -2.21. The molecule has 1 aromatic rings. The smallest absolute Gasteiger partial charge is 0.391 e. The topological polar surface area (TPSA) is 104 Å². The molecule has 1 unspecified atom stereocenters. The molecule has 1 atom stereocenters. The number of carbonyl (C=O) groups is 2. The second-order valence-corrected chi connectivity index (χ2v) is 7.82. The van der Waals surface area contributed by atoms with Gasteiger partial charge in [-0.05, 0) is 38.1 Å². The summed E-state index contributed by atoms with van der Waals surface area (Å²) in [7, 11) is -2.40. The molecule has 146 valence electrons. The number of benzene rings is 1. The number of carboxylic acids is 1. The summed E-state index contributed by atoms with van der Waals surface area (Å²) in [5, 5.41) is 10.6. The summed E-state index contributed by atoms with van der Waals surface area (Å²) in [4.78, 5) is 22.7. The molecule has 0 spiro atoms. The van der Waals surface area contributed by atoms with Gasteiger partial charge >= 0.3 is 12.1 Å². The first-order valence-electron chi connectivity index (χ1n) is 7.44. The van der Waals surface area contributed by atoms with Gasteiger partial charge in [-0.25, -0.2) is 13.2 Å². The van der Waals surface area contributed by atoms with Crippen LogP contribution in [0.25, 0.3) is 0 Å². The number of carbonyl (C=O) groups excluding carboxylic acids is 1. The number of carboxylic acid groups (broad SMARTS) is 1. The highest BCUT2D eigenvalue weighted by Gasteiger charge is 2.36. The predicted molar refractivity (Wildman–Crippen MR) is 86.1 cm³/mol. The lowest BCUT2D eigenvalue weighted by atomic mass is 10.1. The SMILES string of the molecule is CC(C)N(C)S(=O)(=O)c1ccc(C(=O)NC(CC(F)(F)F)C(=O)O)cc1. The zero-order valence-electron chi connectivity index (χ0n) is 14.2. The van der Waals surface area contributed by atoms with Crippen LogP contribution >= 0.6 is 0 Å². The van der Waals surface area contributed by atoms with Crippen molar-refractivity contribution >= 4 is 21.9 Å². The van der Waals surface area contributed by atoms with E-state index in [0.717, 1.165) is 28.6 Å². The van der Waals surface area contributed by atoms with Crippen molar-refractivity contribution in [3.8, 4) is 0 Å². The summed E-state index contributed by atoms with van der Waals surface area (Å²) >= 11 is 0. The second-order valence-electron chi connectivity index (χ2n) is 5.82. The van der Waals surface area contributed by atoms with Gasteiger partial charge in [0, 0.05) is 18.7 Å². The fourth-order valence-corrected chi connectivity index (χ4v) is 3.26. The van der Waals surface area contributed by atoms with Crippen LogP contribution in [0.4, 0.5) is 13.2 Å². The van der Waals surface area contributed by atoms with Crippen LogP contribution in [-0.2, 0) is 14.8 Å². The van der Waals surface area contributed by atoms with Crippen molar-refractivity contribution < 1.29 is 36.3 Å². The molecular weight excluding hydrogens is 377 g/mol. The van der Waals surface area contributed by atoms with Gasteiger partial charge in [-0.15, -0.1) is 0 Å². The maximum Gasteiger partial charge on any atom is 0.391 e. The molecule has 2 N–H and O–H groups in total. The fourth-order valence-electron chi connectivity index (χ4n) is 1.90. The number of sulfonamides is 1. The lowest BCUT2D eigenvalue weighted by molar-refractivity contribution is -0.157. The van der Waals surface area contributed by atoms with Crippen LogP contribution in [0.3, 0.4) is 0 Å². The molecule has 0 radical (unpaired) electrons. The molecule has 1 amide bonds. The van der Waals surface area contributed by atoms with E-state index in [0.29, 0.717) is 0 Å². The summed E-state index contributed by atoms with van der Waals surface area (Å²) in [6.45, 7) is 3.35. The van der Waals surface area contributed by atoms with Gasteiger partial charge in [0.15, 0.2) is 0 Å². The predicted octanol–water partition coefficient (Wildman–Crippen LogP) is 1.85. The normalized spacial score (nSPS) is 13.7. The van der Waals surface area contributed by atoms with Gasteiger partial charge in [-0.2, -0.15) is 17.5 Å². The Bertz CT molecular complexity index is 760. The van der Waals surface area contributed by atoms with Crippen molar-refractivity contribution in [2.45, 2.75) is 43.4 Å². The average molecular weight is 396 g/mol. The maximum atomic E-state index is 12.4. The Balaban J connectivity index is 2.97. The van der Waals surface area contributed by atoms with Crippen molar-refractivity contribution in [1.82, 2.24) is 9.62 Å². The third-order valence-electron chi connectivity index (χ3n) is 3.56. The Morgan fingerprint density at radius 3 is 2.08 bits per heavy atom. The molecule has 0 saturated carbocycles. The van der Waals surface area contributed by atoms with Crippen LogP contribution in [0, 0.1) is 0 Å². The first kappa shape index (κ1) is 21.9. The number of nitrogens with one attached hydrogen (secondary N) is 1. The van der Waals surface area contributed by atoms with E-state index >= 15 is 0 Å². The molecule has 0 aliphatic heterocycles. The first-order chi connectivity index (χ1) is 11.8. The largest absolute Gasteiger partial charge is 0.480 e. The van der Waals surface area contributed by atoms with E-state index in [1.54, 1.807) is 19.2 Å². The molecule has 7 nitrogen and oxygen atoms in total. The highest BCUT2D eigenvalue weighted by atomic mass is 32.2. The molecule has 0 aliphatic carbocycles. The van der Waals surface area contributed by atoms with Crippen molar-refractivity contribution in [1.29, 1.82) is 0 Å². The van der Waals surface area contributed by atoms with Gasteiger partial charge in [-0.1, -0.05) is 0 Å². The van der Waals surface area contributed by atoms with E-state index in [1.807, 2.05) is 0 Å². The molecule has 11 heteroatoms. The number of nitrogens with zero attached hydrogens (tertiary/aromatic N) is 1. The van der Waals surface area contributed by atoms with E-state index in [9.17, 15) is 31.2 Å². The van der Waals surface area contributed by atoms with Crippen LogP contribution in [0.1, 0.15) is 30.6 Å². The average Bonchev–Trinajstić information content (AvgIpc) is 2.52. The molecule has 26 heavy (non-hydrogen) atoms. The van der Waals surface area contributed by atoms with Crippen molar-refractivity contribution in [3.63, 3.8) is 0 Å². The summed E-state index contributed by atoms with van der Waals surface area (Å²) in [6.07, 6.45) is -6.49. The van der Waals surface area contributed by atoms with Crippen molar-refractivity contribution in [3.05, 3.63) is 29.8 Å². The molecule has 0 bridgehead atoms. The number of rotatable bonds is 7. The molecule has 0 saturated heterocycles. The summed E-state index contributed by atoms with van der Waals surface area (Å²) in [5.41, 5.74) is -0.162. The molecule has 0 aromatic heterocycles. The Morgan fingerprint density at radius 2 is 1.69 bits per heavy atom. The standard InChI is InChI=1S/C15H19F3N2O5S/c1-9(2)20(3)26(24,25)11-6-4-10(5-7-11)13(21)19-12(14(22)23)8-15(16,17)18/h4-7,9,12H,8H2,1-3H3,(H,19,21)(H,22,23). The van der Waals surface area contributed by atoms with Gasteiger partial charge < -0.3 is 10.4 Å². The molecule has 0 heterocycles. The number of aliphatic carboxylic acids is 1. The third-order valence-corrected chi connectivity index (χ3v) is 5.61. The number of alkyl halides is 3.